The molecule has 0 radical (unpaired) electrons. The van der Waals surface area contributed by atoms with Gasteiger partial charge in [-0.3, -0.25) is 19.8 Å². The fraction of sp³-hybridized carbons (Fsp3) is 0.333. The van der Waals surface area contributed by atoms with Crippen molar-refractivity contribution in [3.05, 3.63) is 41.1 Å². The molecule has 1 atom stereocenters. The number of hydrogen-bond donors (Lipinski definition) is 2. The van der Waals surface area contributed by atoms with Crippen molar-refractivity contribution in [1.29, 1.82) is 0 Å². The highest BCUT2D eigenvalue weighted by molar-refractivity contribution is 6.05. The topological polar surface area (TPSA) is 95.4 Å². The molecule has 2 amide bonds. The molecule has 1 fully saturated rings. The van der Waals surface area contributed by atoms with E-state index in [0.29, 0.717) is 11.8 Å². The molecule has 3 rings (SSSR count). The summed E-state index contributed by atoms with van der Waals surface area (Å²) in [4.78, 5) is 24.4. The van der Waals surface area contributed by atoms with Crippen molar-refractivity contribution < 1.29 is 27.9 Å². The smallest absolute Gasteiger partial charge is 0.416 e. The number of carbonyl (C=O) groups excluding carboxylic acids is 2. The molecule has 2 aromatic rings. The van der Waals surface area contributed by atoms with Gasteiger partial charge < -0.3 is 5.11 Å². The molecule has 2 N–H and O–H groups in total. The van der Waals surface area contributed by atoms with Crippen LogP contribution in [0.1, 0.15) is 23.2 Å². The third kappa shape index (κ3) is 3.81. The van der Waals surface area contributed by atoms with E-state index in [2.05, 4.69) is 15.5 Å². The van der Waals surface area contributed by atoms with Gasteiger partial charge in [-0.15, -0.1) is 0 Å². The Balaban J connectivity index is 1.75. The molecule has 1 aromatic carbocycles. The van der Waals surface area contributed by atoms with E-state index in [1.807, 2.05) is 0 Å². The summed E-state index contributed by atoms with van der Waals surface area (Å²) in [7, 11) is 1.42. The molecule has 1 saturated heterocycles. The predicted octanol–water partition coefficient (Wildman–Crippen LogP) is 2.02. The minimum absolute atomic E-state index is 0.0689. The zero-order valence-corrected chi connectivity index (χ0v) is 15.0. The number of halogens is 3. The SMILES string of the molecule is Cc1cc(C(F)(F)F)cc(O)c1-c1ccc(CNC2CC(=O)N(C)C2=O)nn1. The van der Waals surface area contributed by atoms with Gasteiger partial charge in [0.05, 0.1) is 29.4 Å². The molecule has 2 heterocycles. The highest BCUT2D eigenvalue weighted by Crippen LogP contribution is 2.38. The van der Waals surface area contributed by atoms with Crippen LogP contribution in [-0.4, -0.2) is 45.1 Å². The summed E-state index contributed by atoms with van der Waals surface area (Å²) in [5.74, 6) is -1.12. The number of aromatic hydroxyl groups is 1. The molecule has 0 spiro atoms. The Morgan fingerprint density at radius 3 is 2.46 bits per heavy atom. The number of phenols is 1. The first-order valence-corrected chi connectivity index (χ1v) is 8.35. The molecule has 0 bridgehead atoms. The molecular weight excluding hydrogens is 377 g/mol. The molecule has 148 valence electrons. The van der Waals surface area contributed by atoms with Crippen molar-refractivity contribution in [3.8, 4) is 17.0 Å². The zero-order chi connectivity index (χ0) is 20.6. The van der Waals surface area contributed by atoms with Gasteiger partial charge in [-0.2, -0.15) is 23.4 Å². The van der Waals surface area contributed by atoms with E-state index in [0.717, 1.165) is 11.0 Å². The van der Waals surface area contributed by atoms with Gasteiger partial charge in [0.2, 0.25) is 11.8 Å². The third-order valence-electron chi connectivity index (χ3n) is 4.53. The molecule has 10 heteroatoms. The quantitative estimate of drug-likeness (QED) is 0.771. The number of carbonyl (C=O) groups is 2. The summed E-state index contributed by atoms with van der Waals surface area (Å²) in [6, 6.07) is 4.06. The third-order valence-corrected chi connectivity index (χ3v) is 4.53. The van der Waals surface area contributed by atoms with Gasteiger partial charge in [0, 0.05) is 19.2 Å². The number of aryl methyl sites for hydroxylation is 1. The Kier molecular flexibility index (Phi) is 5.07. The van der Waals surface area contributed by atoms with Crippen LogP contribution >= 0.6 is 0 Å². The first kappa shape index (κ1) is 19.7. The molecule has 1 aromatic heterocycles. The van der Waals surface area contributed by atoms with Crippen LogP contribution < -0.4 is 5.32 Å². The Morgan fingerprint density at radius 2 is 1.96 bits per heavy atom. The summed E-state index contributed by atoms with van der Waals surface area (Å²) >= 11 is 0. The number of imide groups is 1. The maximum absolute atomic E-state index is 12.8. The summed E-state index contributed by atoms with van der Waals surface area (Å²) in [5, 5.41) is 20.9. The van der Waals surface area contributed by atoms with Crippen molar-refractivity contribution in [2.45, 2.75) is 32.1 Å². The van der Waals surface area contributed by atoms with Gasteiger partial charge in [0.1, 0.15) is 5.75 Å². The molecule has 28 heavy (non-hydrogen) atoms. The van der Waals surface area contributed by atoms with Gasteiger partial charge in [-0.05, 0) is 36.8 Å². The minimum Gasteiger partial charge on any atom is -0.507 e. The summed E-state index contributed by atoms with van der Waals surface area (Å²) in [6.45, 7) is 1.63. The lowest BCUT2D eigenvalue weighted by Crippen LogP contribution is -2.36. The molecular formula is C18H17F3N4O3. The standard InChI is InChI=1S/C18H17F3N4O3/c1-9-5-10(18(19,20)21)6-14(26)16(9)12-4-3-11(23-24-12)8-22-13-7-15(27)25(2)17(13)28/h3-6,13,22,26H,7-8H2,1-2H3. The number of alkyl halides is 3. The lowest BCUT2D eigenvalue weighted by molar-refractivity contribution is -0.138. The molecule has 7 nitrogen and oxygen atoms in total. The van der Waals surface area contributed by atoms with Gasteiger partial charge in [0.15, 0.2) is 0 Å². The number of likely N-dealkylation sites (tertiary alicyclic amines) is 1. The van der Waals surface area contributed by atoms with E-state index in [1.54, 1.807) is 6.07 Å². The maximum atomic E-state index is 12.8. The number of phenolic OH excluding ortho intramolecular Hbond substituents is 1. The van der Waals surface area contributed by atoms with Crippen molar-refractivity contribution in [3.63, 3.8) is 0 Å². The number of nitrogens with zero attached hydrogens (tertiary/aromatic N) is 3. The second-order valence-electron chi connectivity index (χ2n) is 6.52. The zero-order valence-electron chi connectivity index (χ0n) is 15.0. The maximum Gasteiger partial charge on any atom is 0.416 e. The Labute approximate surface area is 158 Å². The van der Waals surface area contributed by atoms with E-state index >= 15 is 0 Å². The highest BCUT2D eigenvalue weighted by atomic mass is 19.4. The number of likely N-dealkylation sites (N-methyl/N-ethyl adjacent to an activating group) is 1. The monoisotopic (exact) mass is 394 g/mol. The first-order valence-electron chi connectivity index (χ1n) is 8.35. The number of amides is 2. The Bertz CT molecular complexity index is 906. The molecule has 1 aliphatic heterocycles. The van der Waals surface area contributed by atoms with Crippen LogP contribution in [0.3, 0.4) is 0 Å². The average Bonchev–Trinajstić information content (AvgIpc) is 2.86. The van der Waals surface area contributed by atoms with E-state index in [1.165, 1.54) is 20.0 Å². The second-order valence-corrected chi connectivity index (χ2v) is 6.52. The molecule has 0 saturated carbocycles. The number of benzene rings is 1. The highest BCUT2D eigenvalue weighted by Gasteiger charge is 2.35. The van der Waals surface area contributed by atoms with Crippen molar-refractivity contribution >= 4 is 11.8 Å². The van der Waals surface area contributed by atoms with Crippen LogP contribution in [0.15, 0.2) is 24.3 Å². The largest absolute Gasteiger partial charge is 0.507 e. The van der Waals surface area contributed by atoms with Crippen molar-refractivity contribution in [1.82, 2.24) is 20.4 Å². The van der Waals surface area contributed by atoms with Crippen molar-refractivity contribution in [2.75, 3.05) is 7.05 Å². The van der Waals surface area contributed by atoms with Crippen molar-refractivity contribution in [2.24, 2.45) is 0 Å². The molecule has 1 aliphatic rings. The minimum atomic E-state index is -4.56. The lowest BCUT2D eigenvalue weighted by Gasteiger charge is -2.13. The number of nitrogens with one attached hydrogen (secondary N) is 1. The molecule has 0 aliphatic carbocycles. The normalized spacial score (nSPS) is 17.5. The number of rotatable bonds is 4. The van der Waals surface area contributed by atoms with E-state index < -0.39 is 23.5 Å². The van der Waals surface area contributed by atoms with Crippen LogP contribution in [0, 0.1) is 6.92 Å². The first-order chi connectivity index (χ1) is 13.1. The number of hydrogen-bond acceptors (Lipinski definition) is 6. The van der Waals surface area contributed by atoms with Gasteiger partial charge in [-0.25, -0.2) is 0 Å². The van der Waals surface area contributed by atoms with Gasteiger partial charge in [-0.1, -0.05) is 0 Å². The summed E-state index contributed by atoms with van der Waals surface area (Å²) in [6.07, 6.45) is -4.49. The van der Waals surface area contributed by atoms with Crippen LogP contribution in [0.4, 0.5) is 13.2 Å². The summed E-state index contributed by atoms with van der Waals surface area (Å²) < 4.78 is 38.5. The van der Waals surface area contributed by atoms with E-state index in [9.17, 15) is 27.9 Å². The Morgan fingerprint density at radius 1 is 1.25 bits per heavy atom. The summed E-state index contributed by atoms with van der Waals surface area (Å²) in [5.41, 5.74) is 0.131. The lowest BCUT2D eigenvalue weighted by atomic mass is 10.0. The van der Waals surface area contributed by atoms with Gasteiger partial charge >= 0.3 is 6.18 Å². The van der Waals surface area contributed by atoms with Crippen LogP contribution in [0.25, 0.3) is 11.3 Å². The van der Waals surface area contributed by atoms with E-state index in [4.69, 9.17) is 0 Å². The molecule has 1 unspecified atom stereocenters. The van der Waals surface area contributed by atoms with Crippen LogP contribution in [0.5, 0.6) is 5.75 Å². The average molecular weight is 394 g/mol. The fourth-order valence-electron chi connectivity index (χ4n) is 3.00. The fourth-order valence-corrected chi connectivity index (χ4v) is 3.00. The Hall–Kier alpha value is -3.01. The van der Waals surface area contributed by atoms with Crippen LogP contribution in [0.2, 0.25) is 0 Å². The van der Waals surface area contributed by atoms with Crippen LogP contribution in [-0.2, 0) is 22.3 Å². The second kappa shape index (κ2) is 7.19. The number of aromatic nitrogens is 2. The van der Waals surface area contributed by atoms with E-state index in [-0.39, 0.29) is 41.6 Å². The van der Waals surface area contributed by atoms with Gasteiger partial charge in [0.25, 0.3) is 0 Å². The predicted molar refractivity (Wildman–Crippen MR) is 91.9 cm³/mol.